The lowest BCUT2D eigenvalue weighted by Crippen LogP contribution is -2.34. The van der Waals surface area contributed by atoms with Gasteiger partial charge in [0.25, 0.3) is 10.0 Å². The first kappa shape index (κ1) is 24.4. The van der Waals surface area contributed by atoms with Crippen LogP contribution in [0.3, 0.4) is 0 Å². The number of sulfonamides is 1. The second kappa shape index (κ2) is 10.7. The van der Waals surface area contributed by atoms with Crippen LogP contribution in [0.15, 0.2) is 53.4 Å². The van der Waals surface area contributed by atoms with Gasteiger partial charge in [0, 0.05) is 35.1 Å². The van der Waals surface area contributed by atoms with Gasteiger partial charge in [-0.25, -0.2) is 13.1 Å². The highest BCUT2D eigenvalue weighted by Gasteiger charge is 2.19. The molecule has 7 nitrogen and oxygen atoms in total. The molecule has 3 aromatic rings. The zero-order valence-electron chi connectivity index (χ0n) is 18.6. The molecule has 1 aliphatic rings. The van der Waals surface area contributed by atoms with E-state index in [0.717, 1.165) is 28.9 Å². The van der Waals surface area contributed by atoms with Crippen LogP contribution in [0.5, 0.6) is 0 Å². The Kier molecular flexibility index (Phi) is 7.66. The number of aliphatic hydroxyl groups is 2. The van der Waals surface area contributed by atoms with Crippen LogP contribution in [0, 0.1) is 11.3 Å². The van der Waals surface area contributed by atoms with Crippen LogP contribution >= 0.6 is 11.3 Å². The summed E-state index contributed by atoms with van der Waals surface area (Å²) in [5.41, 5.74) is 2.28. The fourth-order valence-corrected chi connectivity index (χ4v) is 5.96. The van der Waals surface area contributed by atoms with Gasteiger partial charge in [-0.3, -0.25) is 0 Å². The topological polar surface area (TPSA) is 114 Å². The first-order valence-corrected chi connectivity index (χ1v) is 13.5. The molecule has 4 rings (SSSR count). The maximum Gasteiger partial charge on any atom is 0.250 e. The van der Waals surface area contributed by atoms with Crippen molar-refractivity contribution in [1.29, 1.82) is 5.26 Å². The molecule has 2 aromatic carbocycles. The molecule has 34 heavy (non-hydrogen) atoms. The molecule has 3 N–H and O–H groups in total. The quantitative estimate of drug-likeness (QED) is 0.409. The van der Waals surface area contributed by atoms with Crippen LogP contribution in [0.25, 0.3) is 27.3 Å². The largest absolute Gasteiger partial charge is 0.394 e. The Morgan fingerprint density at radius 3 is 2.59 bits per heavy atom. The predicted octanol–water partition coefficient (Wildman–Crippen LogP) is 3.70. The third-order valence-corrected chi connectivity index (χ3v) is 8.27. The number of piperidine rings is 1. The van der Waals surface area contributed by atoms with Gasteiger partial charge >= 0.3 is 0 Å². The average molecular weight is 498 g/mol. The standard InChI is InChI=1S/C25H27N3O4S2/c26-15-24(34(31,32)27-16-22(30)17-29)14-23-8-9-25(33-23)20-5-4-19-13-21(7-6-18(19)12-20)28-10-2-1-3-11-28/h4-9,12-14,22,27,29-30H,1-3,10-11,16-17H2/b24-14+. The molecule has 1 saturated heterocycles. The molecule has 1 aliphatic heterocycles. The van der Waals surface area contributed by atoms with E-state index in [4.69, 9.17) is 5.11 Å². The highest BCUT2D eigenvalue weighted by atomic mass is 32.2. The molecular formula is C25H27N3O4S2. The van der Waals surface area contributed by atoms with E-state index in [1.54, 1.807) is 12.1 Å². The summed E-state index contributed by atoms with van der Waals surface area (Å²) in [5.74, 6) is 0. The number of rotatable bonds is 8. The van der Waals surface area contributed by atoms with Crippen molar-refractivity contribution in [3.63, 3.8) is 0 Å². The van der Waals surface area contributed by atoms with Crippen LogP contribution in [-0.2, 0) is 10.0 Å². The van der Waals surface area contributed by atoms with E-state index in [1.807, 2.05) is 6.07 Å². The van der Waals surface area contributed by atoms with Gasteiger partial charge in [0.1, 0.15) is 6.07 Å². The van der Waals surface area contributed by atoms with E-state index in [0.29, 0.717) is 4.88 Å². The van der Waals surface area contributed by atoms with E-state index in [-0.39, 0.29) is 6.54 Å². The Labute approximate surface area is 203 Å². The molecule has 1 aromatic heterocycles. The summed E-state index contributed by atoms with van der Waals surface area (Å²) in [6.07, 6.45) is 3.86. The smallest absolute Gasteiger partial charge is 0.250 e. The minimum absolute atomic E-state index is 0.371. The number of benzene rings is 2. The van der Waals surface area contributed by atoms with Crippen LogP contribution in [0.4, 0.5) is 5.69 Å². The SMILES string of the molecule is N#C/C(=C\c1ccc(-c2ccc3cc(N4CCCCC4)ccc3c2)s1)S(=O)(=O)NCC(O)CO. The molecule has 2 heterocycles. The van der Waals surface area contributed by atoms with Crippen molar-refractivity contribution < 1.29 is 18.6 Å². The number of nitriles is 1. The Morgan fingerprint density at radius 2 is 1.85 bits per heavy atom. The highest BCUT2D eigenvalue weighted by Crippen LogP contribution is 2.33. The first-order valence-electron chi connectivity index (χ1n) is 11.2. The van der Waals surface area contributed by atoms with Gasteiger partial charge in [-0.1, -0.05) is 18.2 Å². The number of hydrogen-bond acceptors (Lipinski definition) is 7. The zero-order chi connectivity index (χ0) is 24.1. The van der Waals surface area contributed by atoms with Crippen molar-refractivity contribution in [2.24, 2.45) is 0 Å². The highest BCUT2D eigenvalue weighted by molar-refractivity contribution is 7.93. The molecule has 0 saturated carbocycles. The number of anilines is 1. The van der Waals surface area contributed by atoms with E-state index < -0.39 is 27.6 Å². The van der Waals surface area contributed by atoms with Crippen molar-refractivity contribution in [3.8, 4) is 16.5 Å². The van der Waals surface area contributed by atoms with Gasteiger partial charge in [-0.15, -0.1) is 11.3 Å². The molecule has 1 fully saturated rings. The summed E-state index contributed by atoms with van der Waals surface area (Å²) >= 11 is 1.39. The Hall–Kier alpha value is -2.74. The Balaban J connectivity index is 1.54. The summed E-state index contributed by atoms with van der Waals surface area (Å²) in [6.45, 7) is 1.26. The summed E-state index contributed by atoms with van der Waals surface area (Å²) in [5, 5.41) is 29.9. The number of thiophene rings is 1. The molecular weight excluding hydrogens is 470 g/mol. The predicted molar refractivity (Wildman–Crippen MR) is 137 cm³/mol. The van der Waals surface area contributed by atoms with Gasteiger partial charge in [-0.05, 0) is 72.0 Å². The lowest BCUT2D eigenvalue weighted by atomic mass is 10.0. The van der Waals surface area contributed by atoms with Gasteiger partial charge in [0.15, 0.2) is 4.91 Å². The maximum atomic E-state index is 12.4. The fourth-order valence-electron chi connectivity index (χ4n) is 3.97. The minimum atomic E-state index is -4.09. The van der Waals surface area contributed by atoms with Crippen molar-refractivity contribution in [2.75, 3.05) is 31.1 Å². The monoisotopic (exact) mass is 497 g/mol. The average Bonchev–Trinajstić information content (AvgIpc) is 3.34. The summed E-state index contributed by atoms with van der Waals surface area (Å²) in [4.78, 5) is 3.58. The van der Waals surface area contributed by atoms with Crippen LogP contribution < -0.4 is 9.62 Å². The number of hydrogen-bond donors (Lipinski definition) is 3. The first-order chi connectivity index (χ1) is 16.4. The Bertz CT molecular complexity index is 1340. The van der Waals surface area contributed by atoms with Crippen molar-refractivity contribution in [1.82, 2.24) is 4.72 Å². The van der Waals surface area contributed by atoms with Crippen LogP contribution in [0.1, 0.15) is 24.1 Å². The van der Waals surface area contributed by atoms with Gasteiger partial charge < -0.3 is 15.1 Å². The van der Waals surface area contributed by atoms with Crippen molar-refractivity contribution in [2.45, 2.75) is 25.4 Å². The maximum absolute atomic E-state index is 12.4. The fraction of sp³-hybridized carbons (Fsp3) is 0.320. The van der Waals surface area contributed by atoms with Gasteiger partial charge in [-0.2, -0.15) is 5.26 Å². The molecule has 0 bridgehead atoms. The molecule has 0 aliphatic carbocycles. The molecule has 0 radical (unpaired) electrons. The molecule has 9 heteroatoms. The van der Waals surface area contributed by atoms with E-state index in [2.05, 4.69) is 46.0 Å². The summed E-state index contributed by atoms with van der Waals surface area (Å²) in [6, 6.07) is 18.2. The second-order valence-corrected chi connectivity index (χ2v) is 11.2. The van der Waals surface area contributed by atoms with Gasteiger partial charge in [0.05, 0.1) is 12.7 Å². The number of nitrogens with zero attached hydrogens (tertiary/aromatic N) is 2. The van der Waals surface area contributed by atoms with Crippen molar-refractivity contribution >= 4 is 43.9 Å². The second-order valence-electron chi connectivity index (χ2n) is 8.30. The molecule has 0 amide bonds. The number of aliphatic hydroxyl groups excluding tert-OH is 2. The summed E-state index contributed by atoms with van der Waals surface area (Å²) in [7, 11) is -4.09. The van der Waals surface area contributed by atoms with E-state index >= 15 is 0 Å². The number of fused-ring (bicyclic) bond motifs is 1. The van der Waals surface area contributed by atoms with E-state index in [1.165, 1.54) is 47.7 Å². The number of nitrogens with one attached hydrogen (secondary N) is 1. The lowest BCUT2D eigenvalue weighted by Gasteiger charge is -2.29. The normalized spacial score (nSPS) is 15.9. The third kappa shape index (κ3) is 5.66. The van der Waals surface area contributed by atoms with Crippen LogP contribution in [0.2, 0.25) is 0 Å². The Morgan fingerprint density at radius 1 is 1.12 bits per heavy atom. The number of allylic oxidation sites excluding steroid dienone is 1. The van der Waals surface area contributed by atoms with Crippen molar-refractivity contribution in [3.05, 3.63) is 58.3 Å². The summed E-state index contributed by atoms with van der Waals surface area (Å²) < 4.78 is 26.9. The molecule has 0 spiro atoms. The van der Waals surface area contributed by atoms with Gasteiger partial charge in [0.2, 0.25) is 0 Å². The molecule has 178 valence electrons. The third-order valence-electron chi connectivity index (χ3n) is 5.85. The van der Waals surface area contributed by atoms with E-state index in [9.17, 15) is 18.8 Å². The molecule has 1 atom stereocenters. The lowest BCUT2D eigenvalue weighted by molar-refractivity contribution is 0.0989. The zero-order valence-corrected chi connectivity index (χ0v) is 20.3. The molecule has 1 unspecified atom stereocenters. The minimum Gasteiger partial charge on any atom is -0.394 e. The van der Waals surface area contributed by atoms with Crippen LogP contribution in [-0.4, -0.2) is 51.0 Å².